The number of aryl methyl sites for hydroxylation is 1. The van der Waals surface area contributed by atoms with Crippen LogP contribution in [0.25, 0.3) is 0 Å². The maximum absolute atomic E-state index is 11.7. The molecule has 1 unspecified atom stereocenters. The van der Waals surface area contributed by atoms with Crippen LogP contribution in [0, 0.1) is 0 Å². The highest BCUT2D eigenvalue weighted by Gasteiger charge is 2.23. The van der Waals surface area contributed by atoms with E-state index in [2.05, 4.69) is 5.32 Å². The predicted molar refractivity (Wildman–Crippen MR) is 70.9 cm³/mol. The predicted octanol–water partition coefficient (Wildman–Crippen LogP) is 1.61. The molecule has 5 nitrogen and oxygen atoms in total. The van der Waals surface area contributed by atoms with E-state index in [9.17, 15) is 9.59 Å². The Bertz CT molecular complexity index is 471. The van der Waals surface area contributed by atoms with E-state index >= 15 is 0 Å². The monoisotopic (exact) mass is 265 g/mol. The minimum absolute atomic E-state index is 0.288. The normalized spacial score (nSPS) is 11.6. The van der Waals surface area contributed by atoms with Gasteiger partial charge in [0.2, 0.25) is 5.91 Å². The molecule has 0 aliphatic heterocycles. The summed E-state index contributed by atoms with van der Waals surface area (Å²) in [4.78, 5) is 22.9. The van der Waals surface area contributed by atoms with Crippen LogP contribution in [-0.4, -0.2) is 26.1 Å². The molecule has 104 valence electrons. The standard InChI is InChI=1S/C14H19NO4/c1-5-10-8-11(6-7-12(10)18-3)13(14(17)19-4)15-9(2)16/h6-8,13H,5H2,1-4H3,(H,15,16). The Morgan fingerprint density at radius 3 is 2.47 bits per heavy atom. The number of esters is 1. The molecule has 1 atom stereocenters. The summed E-state index contributed by atoms with van der Waals surface area (Å²) < 4.78 is 9.95. The highest BCUT2D eigenvalue weighted by Crippen LogP contribution is 2.24. The maximum atomic E-state index is 11.7. The van der Waals surface area contributed by atoms with E-state index in [1.807, 2.05) is 13.0 Å². The van der Waals surface area contributed by atoms with Gasteiger partial charge >= 0.3 is 5.97 Å². The fourth-order valence-corrected chi connectivity index (χ4v) is 1.85. The average Bonchev–Trinajstić information content (AvgIpc) is 2.42. The minimum atomic E-state index is -0.793. The third-order valence-corrected chi connectivity index (χ3v) is 2.80. The average molecular weight is 265 g/mol. The largest absolute Gasteiger partial charge is 0.496 e. The number of hydrogen-bond donors (Lipinski definition) is 1. The van der Waals surface area contributed by atoms with E-state index in [1.165, 1.54) is 14.0 Å². The number of rotatable bonds is 5. The van der Waals surface area contributed by atoms with E-state index in [0.29, 0.717) is 5.56 Å². The Morgan fingerprint density at radius 1 is 1.32 bits per heavy atom. The van der Waals surface area contributed by atoms with Crippen LogP contribution in [0.3, 0.4) is 0 Å². The van der Waals surface area contributed by atoms with Crippen LogP contribution in [-0.2, 0) is 20.7 Å². The van der Waals surface area contributed by atoms with Gasteiger partial charge in [0.25, 0.3) is 0 Å². The highest BCUT2D eigenvalue weighted by molar-refractivity contribution is 5.84. The van der Waals surface area contributed by atoms with Crippen molar-refractivity contribution in [3.8, 4) is 5.75 Å². The van der Waals surface area contributed by atoms with Crippen LogP contribution < -0.4 is 10.1 Å². The van der Waals surface area contributed by atoms with Crippen molar-refractivity contribution in [1.29, 1.82) is 0 Å². The van der Waals surface area contributed by atoms with Crippen LogP contribution in [0.15, 0.2) is 18.2 Å². The number of hydrogen-bond acceptors (Lipinski definition) is 4. The fraction of sp³-hybridized carbons (Fsp3) is 0.429. The van der Waals surface area contributed by atoms with Crippen molar-refractivity contribution < 1.29 is 19.1 Å². The molecule has 0 saturated carbocycles. The SMILES string of the molecule is CCc1cc(C(NC(C)=O)C(=O)OC)ccc1OC. The molecule has 0 spiro atoms. The molecule has 0 aliphatic carbocycles. The van der Waals surface area contributed by atoms with Crippen LogP contribution in [0.2, 0.25) is 0 Å². The summed E-state index contributed by atoms with van der Waals surface area (Å²) in [6.07, 6.45) is 0.769. The first-order valence-corrected chi connectivity index (χ1v) is 6.05. The zero-order chi connectivity index (χ0) is 14.4. The van der Waals surface area contributed by atoms with Crippen molar-refractivity contribution in [2.24, 2.45) is 0 Å². The van der Waals surface area contributed by atoms with Crippen LogP contribution in [0.4, 0.5) is 0 Å². The van der Waals surface area contributed by atoms with Crippen molar-refractivity contribution in [2.45, 2.75) is 26.3 Å². The second kappa shape index (κ2) is 6.78. The smallest absolute Gasteiger partial charge is 0.333 e. The van der Waals surface area contributed by atoms with Crippen molar-refractivity contribution in [2.75, 3.05) is 14.2 Å². The second-order valence-corrected chi connectivity index (χ2v) is 4.08. The third-order valence-electron chi connectivity index (χ3n) is 2.80. The van der Waals surface area contributed by atoms with E-state index < -0.39 is 12.0 Å². The van der Waals surface area contributed by atoms with Gasteiger partial charge in [0.05, 0.1) is 14.2 Å². The van der Waals surface area contributed by atoms with Gasteiger partial charge in [-0.2, -0.15) is 0 Å². The number of amides is 1. The molecule has 1 rings (SSSR count). The zero-order valence-electron chi connectivity index (χ0n) is 11.6. The van der Waals surface area contributed by atoms with Gasteiger partial charge < -0.3 is 14.8 Å². The Hall–Kier alpha value is -2.04. The number of benzene rings is 1. The van der Waals surface area contributed by atoms with Gasteiger partial charge in [-0.15, -0.1) is 0 Å². The van der Waals surface area contributed by atoms with Crippen LogP contribution in [0.1, 0.15) is 31.0 Å². The van der Waals surface area contributed by atoms with Gasteiger partial charge in [-0.25, -0.2) is 4.79 Å². The summed E-state index contributed by atoms with van der Waals surface area (Å²) in [7, 11) is 2.89. The number of nitrogens with one attached hydrogen (secondary N) is 1. The lowest BCUT2D eigenvalue weighted by molar-refractivity contribution is -0.145. The Morgan fingerprint density at radius 2 is 2.00 bits per heavy atom. The summed E-state index contributed by atoms with van der Waals surface area (Å²) in [6.45, 7) is 3.35. The quantitative estimate of drug-likeness (QED) is 0.821. The Kier molecular flexibility index (Phi) is 5.36. The third kappa shape index (κ3) is 3.71. The number of carbonyl (C=O) groups is 2. The van der Waals surface area contributed by atoms with Gasteiger partial charge in [0.1, 0.15) is 5.75 Å². The van der Waals surface area contributed by atoms with E-state index in [4.69, 9.17) is 9.47 Å². The van der Waals surface area contributed by atoms with E-state index in [1.54, 1.807) is 19.2 Å². The molecule has 0 bridgehead atoms. The summed E-state index contributed by atoms with van der Waals surface area (Å²) in [5, 5.41) is 2.58. The zero-order valence-corrected chi connectivity index (χ0v) is 11.6. The van der Waals surface area contributed by atoms with Crippen molar-refractivity contribution >= 4 is 11.9 Å². The summed E-state index contributed by atoms with van der Waals surface area (Å²) >= 11 is 0. The highest BCUT2D eigenvalue weighted by atomic mass is 16.5. The summed E-state index contributed by atoms with van der Waals surface area (Å²) in [5.41, 5.74) is 1.65. The first-order chi connectivity index (χ1) is 9.03. The number of methoxy groups -OCH3 is 2. The van der Waals surface area contributed by atoms with Gasteiger partial charge in [0, 0.05) is 6.92 Å². The second-order valence-electron chi connectivity index (χ2n) is 4.08. The van der Waals surface area contributed by atoms with Crippen molar-refractivity contribution in [3.63, 3.8) is 0 Å². The molecular formula is C14H19NO4. The maximum Gasteiger partial charge on any atom is 0.333 e. The molecule has 0 saturated heterocycles. The lowest BCUT2D eigenvalue weighted by Crippen LogP contribution is -2.33. The molecule has 0 radical (unpaired) electrons. The molecular weight excluding hydrogens is 246 g/mol. The first-order valence-electron chi connectivity index (χ1n) is 6.05. The minimum Gasteiger partial charge on any atom is -0.496 e. The molecule has 19 heavy (non-hydrogen) atoms. The molecule has 0 heterocycles. The van der Waals surface area contributed by atoms with Crippen molar-refractivity contribution in [1.82, 2.24) is 5.32 Å². The lowest BCUT2D eigenvalue weighted by Gasteiger charge is -2.17. The van der Waals surface area contributed by atoms with Gasteiger partial charge in [-0.1, -0.05) is 13.0 Å². The van der Waals surface area contributed by atoms with Gasteiger partial charge in [-0.3, -0.25) is 4.79 Å². The first kappa shape index (κ1) is 15.0. The summed E-state index contributed by atoms with van der Waals surface area (Å²) in [5.74, 6) is -0.0237. The molecule has 1 aromatic rings. The molecule has 5 heteroatoms. The van der Waals surface area contributed by atoms with Crippen molar-refractivity contribution in [3.05, 3.63) is 29.3 Å². The Balaban J connectivity index is 3.15. The molecule has 1 amide bonds. The Labute approximate surface area is 112 Å². The van der Waals surface area contributed by atoms with Gasteiger partial charge in [0.15, 0.2) is 6.04 Å². The van der Waals surface area contributed by atoms with Crippen LogP contribution >= 0.6 is 0 Å². The van der Waals surface area contributed by atoms with E-state index in [0.717, 1.165) is 17.7 Å². The topological polar surface area (TPSA) is 64.6 Å². The fourth-order valence-electron chi connectivity index (χ4n) is 1.85. The molecule has 0 fully saturated rings. The van der Waals surface area contributed by atoms with E-state index in [-0.39, 0.29) is 5.91 Å². The summed E-state index contributed by atoms with van der Waals surface area (Å²) in [6, 6.07) is 4.58. The number of carbonyl (C=O) groups excluding carboxylic acids is 2. The lowest BCUT2D eigenvalue weighted by atomic mass is 10.0. The molecule has 1 aromatic carbocycles. The molecule has 1 N–H and O–H groups in total. The van der Waals surface area contributed by atoms with Crippen LogP contribution in [0.5, 0.6) is 5.75 Å². The molecule has 0 aliphatic rings. The van der Waals surface area contributed by atoms with Gasteiger partial charge in [-0.05, 0) is 29.7 Å². The number of ether oxygens (including phenoxy) is 2. The molecule has 0 aromatic heterocycles.